The molecule has 2 aromatic rings. The molecule has 1 atom stereocenters. The van der Waals surface area contributed by atoms with Crippen LogP contribution in [0.4, 0.5) is 0 Å². The van der Waals surface area contributed by atoms with E-state index in [0.717, 1.165) is 42.8 Å². The van der Waals surface area contributed by atoms with Crippen LogP contribution in [0.15, 0.2) is 35.2 Å². The SMILES string of the molecule is CSc1ccc(CNC(=O)c2cc3c(s2)C2(CCNCC2)O[C@@H](C)C3)cc1. The Hall–Kier alpha value is -1.34. The van der Waals surface area contributed by atoms with Crippen LogP contribution in [0.25, 0.3) is 0 Å². The van der Waals surface area contributed by atoms with Gasteiger partial charge in [-0.2, -0.15) is 0 Å². The Morgan fingerprint density at radius 1 is 1.33 bits per heavy atom. The Kier molecular flexibility index (Phi) is 5.60. The van der Waals surface area contributed by atoms with Gasteiger partial charge >= 0.3 is 0 Å². The highest BCUT2D eigenvalue weighted by Gasteiger charge is 2.43. The zero-order valence-corrected chi connectivity index (χ0v) is 17.5. The third kappa shape index (κ3) is 3.94. The van der Waals surface area contributed by atoms with Crippen LogP contribution in [0.5, 0.6) is 0 Å². The second-order valence-electron chi connectivity index (χ2n) is 7.37. The summed E-state index contributed by atoms with van der Waals surface area (Å²) in [7, 11) is 0. The third-order valence-electron chi connectivity index (χ3n) is 5.40. The van der Waals surface area contributed by atoms with Crippen LogP contribution in [-0.2, 0) is 23.3 Å². The van der Waals surface area contributed by atoms with Gasteiger partial charge in [0.2, 0.25) is 0 Å². The molecule has 0 radical (unpaired) electrons. The molecule has 2 N–H and O–H groups in total. The fourth-order valence-electron chi connectivity index (χ4n) is 4.06. The lowest BCUT2D eigenvalue weighted by molar-refractivity contribution is -0.117. The van der Waals surface area contributed by atoms with E-state index in [1.807, 2.05) is 0 Å². The number of fused-ring (bicyclic) bond motifs is 2. The minimum Gasteiger partial charge on any atom is -0.366 e. The number of rotatable bonds is 4. The maximum atomic E-state index is 12.8. The van der Waals surface area contributed by atoms with E-state index >= 15 is 0 Å². The number of nitrogens with one attached hydrogen (secondary N) is 2. The van der Waals surface area contributed by atoms with E-state index in [1.165, 1.54) is 15.3 Å². The fraction of sp³-hybridized carbons (Fsp3) is 0.476. The summed E-state index contributed by atoms with van der Waals surface area (Å²) in [5, 5.41) is 6.50. The van der Waals surface area contributed by atoms with E-state index in [9.17, 15) is 4.79 Å². The number of carbonyl (C=O) groups is 1. The molecule has 0 saturated carbocycles. The first-order chi connectivity index (χ1) is 13.1. The molecule has 2 aliphatic heterocycles. The van der Waals surface area contributed by atoms with Crippen LogP contribution >= 0.6 is 23.1 Å². The number of ether oxygens (including phenoxy) is 1. The summed E-state index contributed by atoms with van der Waals surface area (Å²) in [6.07, 6.45) is 5.12. The number of hydrogen-bond donors (Lipinski definition) is 2. The largest absolute Gasteiger partial charge is 0.366 e. The summed E-state index contributed by atoms with van der Waals surface area (Å²) in [5.74, 6) is 0.0140. The van der Waals surface area contributed by atoms with Gasteiger partial charge in [-0.05, 0) is 74.9 Å². The van der Waals surface area contributed by atoms with Crippen LogP contribution in [0.1, 0.15) is 45.4 Å². The molecule has 0 aliphatic carbocycles. The summed E-state index contributed by atoms with van der Waals surface area (Å²) >= 11 is 3.35. The molecule has 6 heteroatoms. The molecule has 1 aromatic heterocycles. The molecule has 1 saturated heterocycles. The monoisotopic (exact) mass is 402 g/mol. The Bertz CT molecular complexity index is 810. The number of piperidine rings is 1. The van der Waals surface area contributed by atoms with Gasteiger partial charge in [-0.25, -0.2) is 0 Å². The lowest BCUT2D eigenvalue weighted by atomic mass is 9.84. The van der Waals surface area contributed by atoms with Crippen molar-refractivity contribution in [3.05, 3.63) is 51.2 Å². The summed E-state index contributed by atoms with van der Waals surface area (Å²) in [6, 6.07) is 10.4. The average molecular weight is 403 g/mol. The van der Waals surface area contributed by atoms with Crippen molar-refractivity contribution in [1.29, 1.82) is 0 Å². The lowest BCUT2D eigenvalue weighted by Gasteiger charge is -2.43. The van der Waals surface area contributed by atoms with Crippen LogP contribution < -0.4 is 10.6 Å². The summed E-state index contributed by atoms with van der Waals surface area (Å²) in [6.45, 7) is 4.63. The Labute approximate surface area is 169 Å². The second kappa shape index (κ2) is 7.95. The van der Waals surface area contributed by atoms with Crippen molar-refractivity contribution in [3.63, 3.8) is 0 Å². The van der Waals surface area contributed by atoms with E-state index in [1.54, 1.807) is 23.1 Å². The fourth-order valence-corrected chi connectivity index (χ4v) is 5.76. The van der Waals surface area contributed by atoms with Crippen molar-refractivity contribution in [1.82, 2.24) is 10.6 Å². The highest BCUT2D eigenvalue weighted by Crippen LogP contribution is 2.46. The first-order valence-corrected chi connectivity index (χ1v) is 11.6. The van der Waals surface area contributed by atoms with Gasteiger partial charge in [0.05, 0.1) is 11.0 Å². The van der Waals surface area contributed by atoms with Gasteiger partial charge in [-0.3, -0.25) is 4.79 Å². The molecule has 0 unspecified atom stereocenters. The zero-order valence-electron chi connectivity index (χ0n) is 15.8. The van der Waals surface area contributed by atoms with Crippen molar-refractivity contribution in [2.75, 3.05) is 19.3 Å². The summed E-state index contributed by atoms with van der Waals surface area (Å²) < 4.78 is 6.42. The zero-order chi connectivity index (χ0) is 18.9. The number of carbonyl (C=O) groups excluding carboxylic acids is 1. The molecule has 4 rings (SSSR count). The lowest BCUT2D eigenvalue weighted by Crippen LogP contribution is -2.46. The normalized spacial score (nSPS) is 21.0. The van der Waals surface area contributed by atoms with E-state index in [2.05, 4.69) is 54.1 Å². The Balaban J connectivity index is 1.49. The molecule has 3 heterocycles. The number of amides is 1. The summed E-state index contributed by atoms with van der Waals surface area (Å²) in [4.78, 5) is 16.1. The molecule has 1 aromatic carbocycles. The average Bonchev–Trinajstić information content (AvgIpc) is 3.12. The van der Waals surface area contributed by atoms with Gasteiger partial charge in [-0.15, -0.1) is 23.1 Å². The van der Waals surface area contributed by atoms with Crippen LogP contribution in [0.3, 0.4) is 0 Å². The van der Waals surface area contributed by atoms with Crippen molar-refractivity contribution < 1.29 is 9.53 Å². The predicted molar refractivity (Wildman–Crippen MR) is 112 cm³/mol. The highest BCUT2D eigenvalue weighted by molar-refractivity contribution is 7.98. The quantitative estimate of drug-likeness (QED) is 0.761. The van der Waals surface area contributed by atoms with Crippen molar-refractivity contribution >= 4 is 29.0 Å². The van der Waals surface area contributed by atoms with Crippen LogP contribution in [0, 0.1) is 0 Å². The number of thiophene rings is 1. The first kappa shape index (κ1) is 19.0. The predicted octanol–water partition coefficient (Wildman–Crippen LogP) is 3.94. The Morgan fingerprint density at radius 2 is 2.07 bits per heavy atom. The molecule has 2 aliphatic rings. The van der Waals surface area contributed by atoms with E-state index in [0.29, 0.717) is 6.54 Å². The molecular formula is C21H26N2O2S2. The molecule has 144 valence electrons. The molecule has 1 spiro atoms. The number of benzene rings is 1. The third-order valence-corrected chi connectivity index (χ3v) is 7.51. The topological polar surface area (TPSA) is 50.4 Å². The maximum Gasteiger partial charge on any atom is 0.261 e. The van der Waals surface area contributed by atoms with Gasteiger partial charge in [0.25, 0.3) is 5.91 Å². The standard InChI is InChI=1S/C21H26N2O2S2/c1-14-11-16-12-18(27-19(16)21(25-14)7-9-22-10-8-21)20(24)23-13-15-3-5-17(26-2)6-4-15/h3-6,12,14,22H,7-11,13H2,1-2H3,(H,23,24)/t14-/m0/s1. The molecule has 1 amide bonds. The summed E-state index contributed by atoms with van der Waals surface area (Å²) in [5.41, 5.74) is 2.22. The minimum absolute atomic E-state index is 0.0140. The Morgan fingerprint density at radius 3 is 2.78 bits per heavy atom. The highest BCUT2D eigenvalue weighted by atomic mass is 32.2. The molecule has 1 fully saturated rings. The van der Waals surface area contributed by atoms with Crippen LogP contribution in [-0.4, -0.2) is 31.4 Å². The van der Waals surface area contributed by atoms with Crippen molar-refractivity contribution in [3.8, 4) is 0 Å². The molecule has 4 nitrogen and oxygen atoms in total. The smallest absolute Gasteiger partial charge is 0.261 e. The number of thioether (sulfide) groups is 1. The second-order valence-corrected chi connectivity index (χ2v) is 9.30. The van der Waals surface area contributed by atoms with E-state index in [4.69, 9.17) is 4.74 Å². The minimum atomic E-state index is -0.199. The first-order valence-electron chi connectivity index (χ1n) is 9.52. The molecule has 0 bridgehead atoms. The van der Waals surface area contributed by atoms with Crippen LogP contribution in [0.2, 0.25) is 0 Å². The van der Waals surface area contributed by atoms with Gasteiger partial charge in [0, 0.05) is 16.3 Å². The van der Waals surface area contributed by atoms with E-state index in [-0.39, 0.29) is 17.6 Å². The van der Waals surface area contributed by atoms with Gasteiger partial charge in [0.1, 0.15) is 5.60 Å². The van der Waals surface area contributed by atoms with Gasteiger partial charge < -0.3 is 15.4 Å². The van der Waals surface area contributed by atoms with Crippen molar-refractivity contribution in [2.24, 2.45) is 0 Å². The van der Waals surface area contributed by atoms with Gasteiger partial charge in [-0.1, -0.05) is 12.1 Å². The maximum absolute atomic E-state index is 12.8. The van der Waals surface area contributed by atoms with Crippen molar-refractivity contribution in [2.45, 2.75) is 49.3 Å². The molecular weight excluding hydrogens is 376 g/mol. The number of hydrogen-bond acceptors (Lipinski definition) is 5. The molecule has 27 heavy (non-hydrogen) atoms. The van der Waals surface area contributed by atoms with Gasteiger partial charge in [0.15, 0.2) is 0 Å². The van der Waals surface area contributed by atoms with E-state index < -0.39 is 0 Å².